The van der Waals surface area contributed by atoms with Crippen molar-refractivity contribution in [2.45, 2.75) is 13.8 Å². The van der Waals surface area contributed by atoms with Crippen LogP contribution in [-0.4, -0.2) is 42.2 Å². The van der Waals surface area contributed by atoms with Gasteiger partial charge in [0.15, 0.2) is 0 Å². The van der Waals surface area contributed by atoms with Gasteiger partial charge in [-0.1, -0.05) is 6.92 Å². The summed E-state index contributed by atoms with van der Waals surface area (Å²) < 4.78 is 25.3. The van der Waals surface area contributed by atoms with Crippen molar-refractivity contribution >= 4 is 27.5 Å². The van der Waals surface area contributed by atoms with Gasteiger partial charge in [-0.15, -0.1) is 0 Å². The molecule has 1 aromatic heterocycles. The molecule has 0 saturated heterocycles. The number of nitro groups is 1. The normalized spacial score (nSPS) is 11.2. The molecule has 12 heteroatoms. The number of rotatable bonds is 8. The minimum absolute atomic E-state index is 0.00450. The maximum absolute atomic E-state index is 11.5. The Morgan fingerprint density at radius 1 is 1.38 bits per heavy atom. The molecule has 11 nitrogen and oxygen atoms in total. The number of hydrogen-bond donors (Lipinski definition) is 4. The summed E-state index contributed by atoms with van der Waals surface area (Å²) in [6.07, 6.45) is 0. The van der Waals surface area contributed by atoms with Gasteiger partial charge in [0.25, 0.3) is 0 Å². The molecular weight excluding hydrogens is 302 g/mol. The molecule has 0 aliphatic carbocycles. The average molecular weight is 319 g/mol. The van der Waals surface area contributed by atoms with Crippen LogP contribution in [0.4, 0.5) is 17.5 Å². The highest BCUT2D eigenvalue weighted by atomic mass is 32.2. The lowest BCUT2D eigenvalue weighted by Gasteiger charge is -2.09. The molecule has 0 fully saturated rings. The molecule has 0 aliphatic rings. The van der Waals surface area contributed by atoms with Crippen molar-refractivity contribution in [2.24, 2.45) is 5.84 Å². The lowest BCUT2D eigenvalue weighted by atomic mass is 10.3. The van der Waals surface area contributed by atoms with Crippen molar-refractivity contribution < 1.29 is 13.3 Å². The molecule has 1 heterocycles. The third-order valence-electron chi connectivity index (χ3n) is 2.40. The van der Waals surface area contributed by atoms with Crippen molar-refractivity contribution in [3.63, 3.8) is 0 Å². The molecule has 118 valence electrons. The van der Waals surface area contributed by atoms with Gasteiger partial charge in [0.2, 0.25) is 21.8 Å². The van der Waals surface area contributed by atoms with E-state index in [0.29, 0.717) is 0 Å². The highest BCUT2D eigenvalue weighted by Crippen LogP contribution is 2.25. The quantitative estimate of drug-likeness (QED) is 0.276. The van der Waals surface area contributed by atoms with E-state index < -0.39 is 14.9 Å². The number of nitrogens with one attached hydrogen (secondary N) is 3. The zero-order valence-corrected chi connectivity index (χ0v) is 12.4. The molecule has 0 aliphatic heterocycles. The Hall–Kier alpha value is -2.05. The molecule has 1 aromatic rings. The Morgan fingerprint density at radius 2 is 2.05 bits per heavy atom. The number of nitrogens with zero attached hydrogens (tertiary/aromatic N) is 3. The number of anilines is 2. The molecule has 0 spiro atoms. The van der Waals surface area contributed by atoms with E-state index in [1.807, 2.05) is 0 Å². The van der Waals surface area contributed by atoms with Gasteiger partial charge in [-0.05, 0) is 6.92 Å². The molecule has 0 amide bonds. The smallest absolute Gasteiger partial charge is 0.332 e. The van der Waals surface area contributed by atoms with Crippen molar-refractivity contribution in [1.82, 2.24) is 14.7 Å². The number of aromatic nitrogens is 2. The second kappa shape index (κ2) is 7.10. The van der Waals surface area contributed by atoms with Crippen molar-refractivity contribution in [3.8, 4) is 0 Å². The van der Waals surface area contributed by atoms with E-state index in [1.54, 1.807) is 6.92 Å². The minimum Gasteiger partial charge on any atom is -0.363 e. The molecule has 5 N–H and O–H groups in total. The van der Waals surface area contributed by atoms with E-state index in [9.17, 15) is 18.5 Å². The van der Waals surface area contributed by atoms with Crippen LogP contribution in [0.25, 0.3) is 0 Å². The molecule has 0 bridgehead atoms. The first kappa shape index (κ1) is 17.0. The summed E-state index contributed by atoms with van der Waals surface area (Å²) in [6, 6.07) is 0. The second-order valence-corrected chi connectivity index (χ2v) is 5.90. The zero-order chi connectivity index (χ0) is 16.0. The molecule has 21 heavy (non-hydrogen) atoms. The van der Waals surface area contributed by atoms with Gasteiger partial charge < -0.3 is 5.32 Å². The Morgan fingerprint density at radius 3 is 2.57 bits per heavy atom. The molecule has 0 atom stereocenters. The van der Waals surface area contributed by atoms with Crippen molar-refractivity contribution in [1.29, 1.82) is 0 Å². The fourth-order valence-corrected chi connectivity index (χ4v) is 2.52. The number of hydrazine groups is 1. The maximum atomic E-state index is 11.5. The summed E-state index contributed by atoms with van der Waals surface area (Å²) in [5.74, 6) is 4.83. The first-order chi connectivity index (χ1) is 9.80. The Labute approximate surface area is 121 Å². The van der Waals surface area contributed by atoms with Crippen LogP contribution in [0.3, 0.4) is 0 Å². The fraction of sp³-hybridized carbons (Fsp3) is 0.556. The van der Waals surface area contributed by atoms with Gasteiger partial charge in [-0.3, -0.25) is 15.5 Å². The first-order valence-electron chi connectivity index (χ1n) is 6.01. The van der Waals surface area contributed by atoms with Crippen LogP contribution in [0.5, 0.6) is 0 Å². The molecule has 1 rings (SSSR count). The molecule has 0 aromatic carbocycles. The van der Waals surface area contributed by atoms with Crippen LogP contribution in [0, 0.1) is 17.0 Å². The summed E-state index contributed by atoms with van der Waals surface area (Å²) in [5, 5.41) is 13.6. The fourth-order valence-electron chi connectivity index (χ4n) is 1.57. The number of nitrogens with two attached hydrogens (primary N) is 1. The summed E-state index contributed by atoms with van der Waals surface area (Å²) in [5.41, 5.74) is 1.97. The van der Waals surface area contributed by atoms with Crippen LogP contribution < -0.4 is 21.3 Å². The van der Waals surface area contributed by atoms with Crippen LogP contribution in [0.15, 0.2) is 0 Å². The van der Waals surface area contributed by atoms with Crippen molar-refractivity contribution in [2.75, 3.05) is 29.6 Å². The zero-order valence-electron chi connectivity index (χ0n) is 11.6. The maximum Gasteiger partial charge on any atom is 0.332 e. The predicted octanol–water partition coefficient (Wildman–Crippen LogP) is -0.670. The van der Waals surface area contributed by atoms with E-state index in [4.69, 9.17) is 5.84 Å². The molecule has 0 saturated carbocycles. The van der Waals surface area contributed by atoms with Gasteiger partial charge in [0.05, 0.1) is 10.7 Å². The first-order valence-corrected chi connectivity index (χ1v) is 7.66. The van der Waals surface area contributed by atoms with Gasteiger partial charge in [0, 0.05) is 13.1 Å². The molecular formula is C9H17N7O4S. The lowest BCUT2D eigenvalue weighted by Crippen LogP contribution is -2.29. The number of sulfonamides is 1. The topological polar surface area (TPSA) is 165 Å². The Bertz CT molecular complexity index is 619. The van der Waals surface area contributed by atoms with Crippen LogP contribution >= 0.6 is 0 Å². The second-order valence-electron chi connectivity index (χ2n) is 3.97. The van der Waals surface area contributed by atoms with Gasteiger partial charge >= 0.3 is 5.69 Å². The van der Waals surface area contributed by atoms with Crippen LogP contribution in [0.2, 0.25) is 0 Å². The summed E-state index contributed by atoms with van der Waals surface area (Å²) in [7, 11) is -3.43. The van der Waals surface area contributed by atoms with Crippen molar-refractivity contribution in [3.05, 3.63) is 15.8 Å². The SMILES string of the molecule is CCNS(=O)(=O)CCNc1nc(NN)nc(C)c1[N+](=O)[O-]. The highest BCUT2D eigenvalue weighted by molar-refractivity contribution is 7.89. The average Bonchev–Trinajstić information content (AvgIpc) is 2.37. The van der Waals surface area contributed by atoms with E-state index in [-0.39, 0.29) is 42.0 Å². The van der Waals surface area contributed by atoms with Gasteiger partial charge in [-0.25, -0.2) is 24.0 Å². The number of hydrogen-bond acceptors (Lipinski definition) is 9. The summed E-state index contributed by atoms with van der Waals surface area (Å²) in [4.78, 5) is 18.0. The van der Waals surface area contributed by atoms with E-state index in [2.05, 4.69) is 25.4 Å². The Balaban J connectivity index is 2.92. The summed E-state index contributed by atoms with van der Waals surface area (Å²) in [6.45, 7) is 3.32. The molecule has 0 radical (unpaired) electrons. The van der Waals surface area contributed by atoms with Crippen LogP contribution in [0.1, 0.15) is 12.6 Å². The third-order valence-corrected chi connectivity index (χ3v) is 3.87. The monoisotopic (exact) mass is 319 g/mol. The van der Waals surface area contributed by atoms with Crippen LogP contribution in [-0.2, 0) is 10.0 Å². The lowest BCUT2D eigenvalue weighted by molar-refractivity contribution is -0.385. The molecule has 0 unspecified atom stereocenters. The van der Waals surface area contributed by atoms with E-state index in [0.717, 1.165) is 0 Å². The predicted molar refractivity (Wildman–Crippen MR) is 77.2 cm³/mol. The Kier molecular flexibility index (Phi) is 5.75. The number of aryl methyl sites for hydroxylation is 1. The van der Waals surface area contributed by atoms with Gasteiger partial charge in [0.1, 0.15) is 5.69 Å². The highest BCUT2D eigenvalue weighted by Gasteiger charge is 2.22. The van der Waals surface area contributed by atoms with E-state index >= 15 is 0 Å². The third kappa shape index (κ3) is 4.77. The van der Waals surface area contributed by atoms with E-state index in [1.165, 1.54) is 6.92 Å². The largest absolute Gasteiger partial charge is 0.363 e. The minimum atomic E-state index is -3.43. The standard InChI is InChI=1S/C9H17N7O4S/c1-3-12-21(19,20)5-4-11-8-7(16(17)18)6(2)13-9(14-8)15-10/h12H,3-5,10H2,1-2H3,(H2,11,13,14,15). The summed E-state index contributed by atoms with van der Waals surface area (Å²) >= 11 is 0. The number of nitrogen functional groups attached to an aromatic ring is 1. The van der Waals surface area contributed by atoms with Gasteiger partial charge in [-0.2, -0.15) is 4.98 Å².